The molecule has 0 fully saturated rings. The predicted octanol–water partition coefficient (Wildman–Crippen LogP) is 4.20. The van der Waals surface area contributed by atoms with Crippen LogP contribution in [0.2, 0.25) is 0 Å². The van der Waals surface area contributed by atoms with Gasteiger partial charge < -0.3 is 5.32 Å². The Morgan fingerprint density at radius 3 is 2.64 bits per heavy atom. The molecule has 0 spiro atoms. The van der Waals surface area contributed by atoms with E-state index in [1.165, 1.54) is 21.1 Å². The summed E-state index contributed by atoms with van der Waals surface area (Å²) in [6.07, 6.45) is 1.34. The minimum atomic E-state index is -0.432. The number of aryl methyl sites for hydroxylation is 1. The van der Waals surface area contributed by atoms with E-state index in [-0.39, 0.29) is 18.0 Å². The number of amides is 1. The highest BCUT2D eigenvalue weighted by Crippen LogP contribution is 2.31. The topological polar surface area (TPSA) is 108 Å². The van der Waals surface area contributed by atoms with Gasteiger partial charge in [0.2, 0.25) is 5.91 Å². The van der Waals surface area contributed by atoms with Crippen LogP contribution in [0.25, 0.3) is 37.6 Å². The van der Waals surface area contributed by atoms with E-state index >= 15 is 0 Å². The van der Waals surface area contributed by atoms with Crippen molar-refractivity contribution < 1.29 is 4.79 Å². The first kappa shape index (κ1) is 21.8. The quantitative estimate of drug-likeness (QED) is 0.386. The van der Waals surface area contributed by atoms with Gasteiger partial charge in [0.25, 0.3) is 5.56 Å². The second-order valence-electron chi connectivity index (χ2n) is 8.30. The van der Waals surface area contributed by atoms with Crippen LogP contribution in [0, 0.1) is 6.92 Å². The number of carbonyl (C=O) groups is 1. The molecule has 10 heteroatoms. The van der Waals surface area contributed by atoms with E-state index in [0.717, 1.165) is 26.5 Å². The van der Waals surface area contributed by atoms with E-state index in [0.29, 0.717) is 11.3 Å². The van der Waals surface area contributed by atoms with Gasteiger partial charge in [0, 0.05) is 11.3 Å². The number of anilines is 1. The highest BCUT2D eigenvalue weighted by atomic mass is 32.1. The number of nitrogens with one attached hydrogen (secondary N) is 1. The largest absolute Gasteiger partial charge is 0.325 e. The van der Waals surface area contributed by atoms with E-state index in [1.54, 1.807) is 11.3 Å². The highest BCUT2D eigenvalue weighted by Gasteiger charge is 2.15. The normalized spacial score (nSPS) is 11.2. The van der Waals surface area contributed by atoms with Crippen molar-refractivity contribution in [2.24, 2.45) is 0 Å². The predicted molar refractivity (Wildman–Crippen MR) is 139 cm³/mol. The summed E-state index contributed by atoms with van der Waals surface area (Å²) in [6.45, 7) is 1.87. The molecule has 0 aliphatic heterocycles. The van der Waals surface area contributed by atoms with Crippen LogP contribution in [0.15, 0.2) is 83.9 Å². The van der Waals surface area contributed by atoms with Crippen LogP contribution in [-0.2, 0) is 11.3 Å². The summed E-state index contributed by atoms with van der Waals surface area (Å²) in [6, 6.07) is 23.0. The van der Waals surface area contributed by atoms with Crippen LogP contribution in [0.5, 0.6) is 0 Å². The van der Waals surface area contributed by atoms with Crippen molar-refractivity contribution in [3.63, 3.8) is 0 Å². The van der Waals surface area contributed by atoms with Crippen molar-refractivity contribution in [1.82, 2.24) is 29.5 Å². The number of rotatable bonds is 5. The summed E-state index contributed by atoms with van der Waals surface area (Å²) in [5.74, 6) is -0.350. The molecule has 3 aromatic carbocycles. The van der Waals surface area contributed by atoms with Crippen LogP contribution in [0.1, 0.15) is 5.56 Å². The number of hydrogen-bond donors (Lipinski definition) is 1. The molecule has 0 unspecified atom stereocenters. The molecule has 3 heterocycles. The number of nitrogens with zero attached hydrogens (tertiary/aromatic N) is 6. The van der Waals surface area contributed by atoms with E-state index in [1.807, 2.05) is 60.7 Å². The third-order valence-electron chi connectivity index (χ3n) is 5.70. The standard InChI is InChI=1S/C26H19N7O2S/c1-16-7-12-20-21(13-16)36-25(29-20)17-8-10-18(11-9-17)28-22(34)14-32-15-27-24-23(26(32)35)30-31-33(24)19-5-3-2-4-6-19/h2-13,15H,14H2,1H3,(H,28,34). The molecule has 0 saturated heterocycles. The van der Waals surface area contributed by atoms with E-state index < -0.39 is 5.56 Å². The smallest absolute Gasteiger partial charge is 0.284 e. The Bertz CT molecular complexity index is 1790. The van der Waals surface area contributed by atoms with Crippen LogP contribution in [-0.4, -0.2) is 35.4 Å². The van der Waals surface area contributed by atoms with Gasteiger partial charge in [0.1, 0.15) is 17.9 Å². The fraction of sp³-hybridized carbons (Fsp3) is 0.0769. The lowest BCUT2D eigenvalue weighted by Crippen LogP contribution is -2.28. The zero-order valence-corrected chi connectivity index (χ0v) is 19.9. The average Bonchev–Trinajstić information content (AvgIpc) is 3.51. The molecule has 0 bridgehead atoms. The van der Waals surface area contributed by atoms with Crippen LogP contribution in [0.4, 0.5) is 5.69 Å². The third kappa shape index (κ3) is 4.03. The van der Waals surface area contributed by atoms with Crippen molar-refractivity contribution in [2.45, 2.75) is 13.5 Å². The summed E-state index contributed by atoms with van der Waals surface area (Å²) in [5.41, 5.74) is 4.51. The number of carbonyl (C=O) groups excluding carboxylic acids is 1. The molecule has 0 atom stereocenters. The second-order valence-corrected chi connectivity index (χ2v) is 9.33. The zero-order chi connectivity index (χ0) is 24.6. The van der Waals surface area contributed by atoms with Crippen LogP contribution in [0.3, 0.4) is 0 Å². The summed E-state index contributed by atoms with van der Waals surface area (Å²) in [7, 11) is 0. The van der Waals surface area contributed by atoms with Crippen molar-refractivity contribution in [1.29, 1.82) is 0 Å². The first-order chi connectivity index (χ1) is 17.5. The molecule has 0 saturated carbocycles. The maximum atomic E-state index is 12.9. The Hall–Kier alpha value is -4.70. The van der Waals surface area contributed by atoms with Gasteiger partial charge in [-0.1, -0.05) is 29.5 Å². The summed E-state index contributed by atoms with van der Waals surface area (Å²) in [5, 5.41) is 11.8. The molecule has 176 valence electrons. The minimum Gasteiger partial charge on any atom is -0.325 e. The van der Waals surface area contributed by atoms with Crippen molar-refractivity contribution >= 4 is 44.3 Å². The Morgan fingerprint density at radius 1 is 1.03 bits per heavy atom. The molecule has 0 radical (unpaired) electrons. The molecule has 6 rings (SSSR count). The molecule has 1 amide bonds. The third-order valence-corrected chi connectivity index (χ3v) is 6.77. The van der Waals surface area contributed by atoms with Crippen LogP contribution >= 0.6 is 11.3 Å². The molecular formula is C26H19N7O2S. The number of aromatic nitrogens is 6. The lowest BCUT2D eigenvalue weighted by molar-refractivity contribution is -0.116. The van der Waals surface area contributed by atoms with Gasteiger partial charge in [-0.3, -0.25) is 14.2 Å². The number of thiazole rings is 1. The molecule has 6 aromatic rings. The second kappa shape index (κ2) is 8.82. The average molecular weight is 494 g/mol. The number of fused-ring (bicyclic) bond motifs is 2. The molecular weight excluding hydrogens is 474 g/mol. The lowest BCUT2D eigenvalue weighted by Gasteiger charge is -2.08. The molecule has 0 aliphatic carbocycles. The van der Waals surface area contributed by atoms with Gasteiger partial charge in [-0.25, -0.2) is 9.97 Å². The SMILES string of the molecule is Cc1ccc2nc(-c3ccc(NC(=O)Cn4cnc5c(nnn5-c5ccccc5)c4=O)cc3)sc2c1. The summed E-state index contributed by atoms with van der Waals surface area (Å²) in [4.78, 5) is 34.6. The van der Waals surface area contributed by atoms with Crippen molar-refractivity contribution in [2.75, 3.05) is 5.32 Å². The van der Waals surface area contributed by atoms with Crippen molar-refractivity contribution in [3.05, 3.63) is 95.0 Å². The molecule has 1 N–H and O–H groups in total. The molecule has 3 aromatic heterocycles. The lowest BCUT2D eigenvalue weighted by atomic mass is 10.2. The van der Waals surface area contributed by atoms with Gasteiger partial charge in [-0.2, -0.15) is 4.68 Å². The molecule has 0 aliphatic rings. The zero-order valence-electron chi connectivity index (χ0n) is 19.1. The Morgan fingerprint density at radius 2 is 1.83 bits per heavy atom. The Kier molecular flexibility index (Phi) is 5.34. The highest BCUT2D eigenvalue weighted by molar-refractivity contribution is 7.21. The maximum Gasteiger partial charge on any atom is 0.284 e. The fourth-order valence-electron chi connectivity index (χ4n) is 3.91. The monoisotopic (exact) mass is 493 g/mol. The first-order valence-corrected chi connectivity index (χ1v) is 12.0. The van der Waals surface area contributed by atoms with Gasteiger partial charge >= 0.3 is 0 Å². The fourth-order valence-corrected chi connectivity index (χ4v) is 4.98. The molecule has 36 heavy (non-hydrogen) atoms. The van der Waals surface area contributed by atoms with E-state index in [9.17, 15) is 9.59 Å². The Balaban J connectivity index is 1.18. The summed E-state index contributed by atoms with van der Waals surface area (Å²) >= 11 is 1.63. The van der Waals surface area contributed by atoms with Gasteiger partial charge in [0.15, 0.2) is 11.2 Å². The number of para-hydroxylation sites is 1. The van der Waals surface area contributed by atoms with E-state index in [2.05, 4.69) is 39.7 Å². The number of hydrogen-bond acceptors (Lipinski definition) is 7. The van der Waals surface area contributed by atoms with E-state index in [4.69, 9.17) is 4.98 Å². The Labute approximate surface area is 208 Å². The first-order valence-electron chi connectivity index (χ1n) is 11.2. The van der Waals surface area contributed by atoms with Gasteiger partial charge in [0.05, 0.1) is 15.9 Å². The van der Waals surface area contributed by atoms with Gasteiger partial charge in [-0.05, 0) is 61.0 Å². The van der Waals surface area contributed by atoms with Gasteiger partial charge in [-0.15, -0.1) is 16.4 Å². The molecule has 9 nitrogen and oxygen atoms in total. The minimum absolute atomic E-state index is 0.101. The number of benzene rings is 3. The van der Waals surface area contributed by atoms with Crippen LogP contribution < -0.4 is 10.9 Å². The maximum absolute atomic E-state index is 12.9. The summed E-state index contributed by atoms with van der Waals surface area (Å²) < 4.78 is 3.86. The van der Waals surface area contributed by atoms with Crippen molar-refractivity contribution in [3.8, 4) is 16.3 Å².